The molecule has 0 saturated heterocycles. The zero-order valence-electron chi connectivity index (χ0n) is 24.1. The summed E-state index contributed by atoms with van der Waals surface area (Å²) < 4.78 is 6.09. The maximum absolute atomic E-state index is 6.09. The predicted molar refractivity (Wildman–Crippen MR) is 178 cm³/mol. The first-order valence-corrected chi connectivity index (χ1v) is 14.7. The predicted octanol–water partition coefficient (Wildman–Crippen LogP) is 9.41. The Morgan fingerprint density at radius 1 is 0.400 bits per heavy atom. The molecule has 0 amide bonds. The van der Waals surface area contributed by atoms with Crippen molar-refractivity contribution in [3.05, 3.63) is 152 Å². The Balaban J connectivity index is 1.28. The first-order valence-electron chi connectivity index (χ1n) is 14.7. The first kappa shape index (κ1) is 26.4. The first-order chi connectivity index (χ1) is 22.3. The van der Waals surface area contributed by atoms with Gasteiger partial charge in [0, 0.05) is 40.2 Å². The van der Waals surface area contributed by atoms with Crippen LogP contribution in [0.25, 0.3) is 79.0 Å². The fourth-order valence-corrected chi connectivity index (χ4v) is 5.43. The number of aromatic nitrogens is 5. The molecular weight excluding hydrogens is 554 g/mol. The summed E-state index contributed by atoms with van der Waals surface area (Å²) in [6.45, 7) is 0. The Bertz CT molecular complexity index is 2190. The molecule has 0 fully saturated rings. The quantitative estimate of drug-likeness (QED) is 0.195. The Morgan fingerprint density at radius 2 is 0.978 bits per heavy atom. The number of benzene rings is 5. The van der Waals surface area contributed by atoms with Crippen LogP contribution in [0.15, 0.2) is 156 Å². The van der Waals surface area contributed by atoms with Crippen LogP contribution in [-0.4, -0.2) is 24.9 Å². The summed E-state index contributed by atoms with van der Waals surface area (Å²) >= 11 is 0. The van der Waals surface area contributed by atoms with Crippen LogP contribution in [0.2, 0.25) is 0 Å². The van der Waals surface area contributed by atoms with Crippen molar-refractivity contribution in [1.29, 1.82) is 0 Å². The van der Waals surface area contributed by atoms with Crippen molar-refractivity contribution in [2.75, 3.05) is 0 Å². The SMILES string of the molecule is c1ccc(-c2nc(-c3ccccc3)nc(-c3ccc(-c4ccc5oc(-c6ccccc6)nc5c4)c(-c4cccnc4)c3)n2)cc1. The number of pyridine rings is 1. The molecule has 6 nitrogen and oxygen atoms in total. The number of fused-ring (bicyclic) bond motifs is 1. The summed E-state index contributed by atoms with van der Waals surface area (Å²) in [6, 6.07) is 46.4. The molecule has 0 N–H and O–H groups in total. The number of rotatable bonds is 6. The molecule has 0 aliphatic carbocycles. The van der Waals surface area contributed by atoms with Crippen molar-refractivity contribution in [2.45, 2.75) is 0 Å². The summed E-state index contributed by atoms with van der Waals surface area (Å²) in [5, 5.41) is 0. The van der Waals surface area contributed by atoms with Crippen molar-refractivity contribution in [1.82, 2.24) is 24.9 Å². The fraction of sp³-hybridized carbons (Fsp3) is 0. The third kappa shape index (κ3) is 5.26. The maximum Gasteiger partial charge on any atom is 0.227 e. The second kappa shape index (κ2) is 11.4. The van der Waals surface area contributed by atoms with Gasteiger partial charge < -0.3 is 4.42 Å². The summed E-state index contributed by atoms with van der Waals surface area (Å²) in [4.78, 5) is 24.0. The molecule has 0 aliphatic rings. The zero-order chi connectivity index (χ0) is 30.0. The van der Waals surface area contributed by atoms with Crippen LogP contribution in [0, 0.1) is 0 Å². The van der Waals surface area contributed by atoms with E-state index in [2.05, 4.69) is 41.4 Å². The second-order valence-corrected chi connectivity index (χ2v) is 10.6. The fourth-order valence-electron chi connectivity index (χ4n) is 5.43. The average Bonchev–Trinajstić information content (AvgIpc) is 3.56. The molecule has 3 aromatic heterocycles. The van der Waals surface area contributed by atoms with Crippen LogP contribution in [0.4, 0.5) is 0 Å². The monoisotopic (exact) mass is 579 g/mol. The summed E-state index contributed by atoms with van der Waals surface area (Å²) in [7, 11) is 0. The average molecular weight is 580 g/mol. The van der Waals surface area contributed by atoms with Gasteiger partial charge in [-0.1, -0.05) is 103 Å². The van der Waals surface area contributed by atoms with Gasteiger partial charge in [0.05, 0.1) is 0 Å². The Morgan fingerprint density at radius 3 is 1.60 bits per heavy atom. The van der Waals surface area contributed by atoms with E-state index in [0.717, 1.165) is 55.6 Å². The van der Waals surface area contributed by atoms with Crippen LogP contribution in [-0.2, 0) is 0 Å². The molecule has 0 spiro atoms. The minimum atomic E-state index is 0.596. The molecule has 8 rings (SSSR count). The third-order valence-electron chi connectivity index (χ3n) is 7.67. The minimum absolute atomic E-state index is 0.596. The van der Waals surface area contributed by atoms with Crippen LogP contribution < -0.4 is 0 Å². The lowest BCUT2D eigenvalue weighted by Gasteiger charge is -2.13. The molecule has 0 unspecified atom stereocenters. The topological polar surface area (TPSA) is 77.6 Å². The highest BCUT2D eigenvalue weighted by Crippen LogP contribution is 2.37. The van der Waals surface area contributed by atoms with E-state index in [4.69, 9.17) is 24.4 Å². The summed E-state index contributed by atoms with van der Waals surface area (Å²) in [5.41, 5.74) is 9.27. The molecule has 3 heterocycles. The van der Waals surface area contributed by atoms with Gasteiger partial charge in [0.15, 0.2) is 23.1 Å². The lowest BCUT2D eigenvalue weighted by atomic mass is 9.93. The summed E-state index contributed by atoms with van der Waals surface area (Å²) in [6.07, 6.45) is 3.66. The molecule has 5 aromatic carbocycles. The van der Waals surface area contributed by atoms with Gasteiger partial charge in [-0.15, -0.1) is 0 Å². The molecule has 6 heteroatoms. The van der Waals surface area contributed by atoms with E-state index >= 15 is 0 Å². The van der Waals surface area contributed by atoms with Crippen molar-refractivity contribution in [2.24, 2.45) is 0 Å². The van der Waals surface area contributed by atoms with Gasteiger partial charge in [0.2, 0.25) is 5.89 Å². The normalized spacial score (nSPS) is 11.1. The lowest BCUT2D eigenvalue weighted by Crippen LogP contribution is -2.00. The van der Waals surface area contributed by atoms with Crippen LogP contribution in [0.3, 0.4) is 0 Å². The molecule has 8 aromatic rings. The highest BCUT2D eigenvalue weighted by Gasteiger charge is 2.17. The van der Waals surface area contributed by atoms with E-state index in [9.17, 15) is 0 Å². The number of hydrogen-bond acceptors (Lipinski definition) is 6. The molecule has 0 bridgehead atoms. The molecular formula is C39H25N5O. The second-order valence-electron chi connectivity index (χ2n) is 10.6. The summed E-state index contributed by atoms with van der Waals surface area (Å²) in [5.74, 6) is 2.44. The highest BCUT2D eigenvalue weighted by molar-refractivity contribution is 5.90. The third-order valence-corrected chi connectivity index (χ3v) is 7.67. The van der Waals surface area contributed by atoms with Crippen molar-refractivity contribution in [3.8, 4) is 67.9 Å². The number of nitrogens with zero attached hydrogens (tertiary/aromatic N) is 5. The van der Waals surface area contributed by atoms with Gasteiger partial charge in [-0.3, -0.25) is 4.98 Å². The van der Waals surface area contributed by atoms with Gasteiger partial charge in [0.25, 0.3) is 0 Å². The van der Waals surface area contributed by atoms with E-state index in [1.54, 1.807) is 6.20 Å². The van der Waals surface area contributed by atoms with E-state index in [1.807, 2.05) is 109 Å². The molecule has 212 valence electrons. The van der Waals surface area contributed by atoms with Crippen molar-refractivity contribution in [3.63, 3.8) is 0 Å². The van der Waals surface area contributed by atoms with Crippen LogP contribution >= 0.6 is 0 Å². The van der Waals surface area contributed by atoms with E-state index in [1.165, 1.54) is 0 Å². The molecule has 0 atom stereocenters. The van der Waals surface area contributed by atoms with E-state index in [0.29, 0.717) is 23.4 Å². The van der Waals surface area contributed by atoms with E-state index < -0.39 is 0 Å². The van der Waals surface area contributed by atoms with Crippen LogP contribution in [0.5, 0.6) is 0 Å². The Labute approximate surface area is 259 Å². The Kier molecular flexibility index (Phi) is 6.70. The highest BCUT2D eigenvalue weighted by atomic mass is 16.3. The van der Waals surface area contributed by atoms with Crippen molar-refractivity contribution < 1.29 is 4.42 Å². The largest absolute Gasteiger partial charge is 0.436 e. The maximum atomic E-state index is 6.09. The minimum Gasteiger partial charge on any atom is -0.436 e. The van der Waals surface area contributed by atoms with Gasteiger partial charge in [-0.2, -0.15) is 0 Å². The molecule has 0 aliphatic heterocycles. The number of oxazole rings is 1. The van der Waals surface area contributed by atoms with E-state index in [-0.39, 0.29) is 0 Å². The lowest BCUT2D eigenvalue weighted by molar-refractivity contribution is 0.620. The van der Waals surface area contributed by atoms with Gasteiger partial charge >= 0.3 is 0 Å². The molecule has 0 saturated carbocycles. The van der Waals surface area contributed by atoms with Gasteiger partial charge in [0.1, 0.15) is 5.52 Å². The Hall–Kier alpha value is -6.27. The van der Waals surface area contributed by atoms with Gasteiger partial charge in [-0.05, 0) is 53.1 Å². The van der Waals surface area contributed by atoms with Crippen molar-refractivity contribution >= 4 is 11.1 Å². The smallest absolute Gasteiger partial charge is 0.227 e. The standard InChI is InChI=1S/C39H25N5O/c1-4-11-26(12-5-1)36-42-37(27-13-6-2-7-14-27)44-38(43-36)30-18-20-32(33(23-30)31-17-10-22-40-25-31)29-19-21-35-34(24-29)41-39(45-35)28-15-8-3-9-16-28/h1-25H. The zero-order valence-corrected chi connectivity index (χ0v) is 24.1. The van der Waals surface area contributed by atoms with Gasteiger partial charge in [-0.25, -0.2) is 19.9 Å². The van der Waals surface area contributed by atoms with Crippen LogP contribution in [0.1, 0.15) is 0 Å². The molecule has 0 radical (unpaired) electrons. The number of hydrogen-bond donors (Lipinski definition) is 0. The molecule has 45 heavy (non-hydrogen) atoms.